The van der Waals surface area contributed by atoms with Crippen molar-refractivity contribution in [2.45, 2.75) is 6.18 Å². The number of anilines is 1. The Morgan fingerprint density at radius 3 is 2.41 bits per heavy atom. The summed E-state index contributed by atoms with van der Waals surface area (Å²) in [5.41, 5.74) is 0.302. The maximum atomic E-state index is 12.3. The summed E-state index contributed by atoms with van der Waals surface area (Å²) in [6, 6.07) is 11.2. The molecule has 22 heavy (non-hydrogen) atoms. The van der Waals surface area contributed by atoms with Gasteiger partial charge in [-0.1, -0.05) is 30.3 Å². The average Bonchev–Trinajstić information content (AvgIpc) is 2.47. The first-order chi connectivity index (χ1) is 10.3. The SMILES string of the molecule is O=C(Nc1ccccc1-c1cccc([N+](=O)[O-])c1)C(F)(F)F. The zero-order valence-corrected chi connectivity index (χ0v) is 10.9. The van der Waals surface area contributed by atoms with Crippen LogP contribution in [0.4, 0.5) is 24.5 Å². The molecular weight excluding hydrogens is 301 g/mol. The number of nitrogens with zero attached hydrogens (tertiary/aromatic N) is 1. The van der Waals surface area contributed by atoms with E-state index in [1.807, 2.05) is 0 Å². The van der Waals surface area contributed by atoms with E-state index in [-0.39, 0.29) is 16.9 Å². The Hall–Kier alpha value is -2.90. The first-order valence-corrected chi connectivity index (χ1v) is 6.01. The monoisotopic (exact) mass is 310 g/mol. The highest BCUT2D eigenvalue weighted by molar-refractivity contribution is 5.98. The van der Waals surface area contributed by atoms with Crippen molar-refractivity contribution in [1.29, 1.82) is 0 Å². The van der Waals surface area contributed by atoms with E-state index in [1.165, 1.54) is 42.5 Å². The number of amides is 1. The van der Waals surface area contributed by atoms with Crippen LogP contribution >= 0.6 is 0 Å². The van der Waals surface area contributed by atoms with Crippen LogP contribution in [0.15, 0.2) is 48.5 Å². The molecule has 2 rings (SSSR count). The summed E-state index contributed by atoms with van der Waals surface area (Å²) < 4.78 is 37.0. The summed E-state index contributed by atoms with van der Waals surface area (Å²) >= 11 is 0. The lowest BCUT2D eigenvalue weighted by Gasteiger charge is -2.12. The van der Waals surface area contributed by atoms with E-state index in [9.17, 15) is 28.1 Å². The van der Waals surface area contributed by atoms with E-state index in [1.54, 1.807) is 11.4 Å². The van der Waals surface area contributed by atoms with E-state index >= 15 is 0 Å². The minimum absolute atomic E-state index is 0.0784. The number of nitrogens with one attached hydrogen (secondary N) is 1. The van der Waals surface area contributed by atoms with Gasteiger partial charge in [-0.25, -0.2) is 0 Å². The molecule has 0 unspecified atom stereocenters. The Balaban J connectivity index is 2.43. The number of carbonyl (C=O) groups excluding carboxylic acids is 1. The summed E-state index contributed by atoms with van der Waals surface area (Å²) in [5.74, 6) is -2.11. The van der Waals surface area contributed by atoms with E-state index < -0.39 is 17.0 Å². The van der Waals surface area contributed by atoms with Gasteiger partial charge in [0.2, 0.25) is 0 Å². The fourth-order valence-electron chi connectivity index (χ4n) is 1.82. The second kappa shape index (κ2) is 5.84. The van der Waals surface area contributed by atoms with Crippen molar-refractivity contribution in [3.63, 3.8) is 0 Å². The molecule has 0 aliphatic heterocycles. The average molecular weight is 310 g/mol. The second-order valence-corrected chi connectivity index (χ2v) is 4.30. The van der Waals surface area contributed by atoms with Crippen LogP contribution in [0.25, 0.3) is 11.1 Å². The number of benzene rings is 2. The maximum Gasteiger partial charge on any atom is 0.471 e. The number of hydrogen-bond acceptors (Lipinski definition) is 3. The van der Waals surface area contributed by atoms with Crippen molar-refractivity contribution in [3.8, 4) is 11.1 Å². The predicted molar refractivity (Wildman–Crippen MR) is 73.2 cm³/mol. The first-order valence-electron chi connectivity index (χ1n) is 6.01. The van der Waals surface area contributed by atoms with Crippen LogP contribution in [0.5, 0.6) is 0 Å². The number of halogens is 3. The Bertz CT molecular complexity index is 729. The molecule has 0 aliphatic rings. The fraction of sp³-hybridized carbons (Fsp3) is 0.0714. The molecule has 1 N–H and O–H groups in total. The zero-order valence-electron chi connectivity index (χ0n) is 10.9. The lowest BCUT2D eigenvalue weighted by molar-refractivity contribution is -0.384. The molecule has 0 heterocycles. The van der Waals surface area contributed by atoms with Crippen molar-refractivity contribution in [1.82, 2.24) is 0 Å². The molecule has 5 nitrogen and oxygen atoms in total. The molecule has 0 aliphatic carbocycles. The van der Waals surface area contributed by atoms with Gasteiger partial charge in [0.1, 0.15) is 0 Å². The van der Waals surface area contributed by atoms with Crippen LogP contribution in [0, 0.1) is 10.1 Å². The summed E-state index contributed by atoms with van der Waals surface area (Å²) in [5, 5.41) is 12.5. The number of alkyl halides is 3. The molecular formula is C14H9F3N2O3. The normalized spacial score (nSPS) is 11.0. The number of para-hydroxylation sites is 1. The van der Waals surface area contributed by atoms with Crippen LogP contribution in [0.1, 0.15) is 0 Å². The zero-order chi connectivity index (χ0) is 16.3. The third kappa shape index (κ3) is 3.40. The fourth-order valence-corrected chi connectivity index (χ4v) is 1.82. The Kier molecular flexibility index (Phi) is 4.11. The molecule has 0 radical (unpaired) electrons. The molecule has 8 heteroatoms. The van der Waals surface area contributed by atoms with Crippen LogP contribution in [-0.2, 0) is 4.79 Å². The van der Waals surface area contributed by atoms with Gasteiger partial charge in [0.05, 0.1) is 4.92 Å². The predicted octanol–water partition coefficient (Wildman–Crippen LogP) is 3.76. The summed E-state index contributed by atoms with van der Waals surface area (Å²) in [6.07, 6.45) is -5.02. The van der Waals surface area contributed by atoms with Crippen LogP contribution in [-0.4, -0.2) is 17.0 Å². The molecule has 0 fully saturated rings. The highest BCUT2D eigenvalue weighted by atomic mass is 19.4. The molecule has 2 aromatic carbocycles. The third-order valence-electron chi connectivity index (χ3n) is 2.80. The number of rotatable bonds is 3. The van der Waals surface area contributed by atoms with Crippen molar-refractivity contribution < 1.29 is 22.9 Å². The molecule has 114 valence electrons. The van der Waals surface area contributed by atoms with Gasteiger partial charge in [0.25, 0.3) is 5.69 Å². The van der Waals surface area contributed by atoms with Gasteiger partial charge >= 0.3 is 12.1 Å². The first kappa shape index (κ1) is 15.5. The molecule has 0 saturated heterocycles. The van der Waals surface area contributed by atoms with Gasteiger partial charge in [-0.3, -0.25) is 14.9 Å². The second-order valence-electron chi connectivity index (χ2n) is 4.30. The standard InChI is InChI=1S/C14H9F3N2O3/c15-14(16,17)13(20)18-12-7-2-1-6-11(12)9-4-3-5-10(8-9)19(21)22/h1-8H,(H,18,20). The molecule has 0 saturated carbocycles. The highest BCUT2D eigenvalue weighted by Crippen LogP contribution is 2.31. The van der Waals surface area contributed by atoms with Crippen molar-refractivity contribution in [2.75, 3.05) is 5.32 Å². The van der Waals surface area contributed by atoms with Gasteiger partial charge in [-0.2, -0.15) is 13.2 Å². The quantitative estimate of drug-likeness (QED) is 0.693. The van der Waals surface area contributed by atoms with Gasteiger partial charge < -0.3 is 5.32 Å². The van der Waals surface area contributed by atoms with Gasteiger partial charge in [-0.05, 0) is 11.6 Å². The van der Waals surface area contributed by atoms with Gasteiger partial charge in [0, 0.05) is 23.4 Å². The summed E-state index contributed by atoms with van der Waals surface area (Å²) in [7, 11) is 0. The number of hydrogen-bond donors (Lipinski definition) is 1. The Labute approximate surface area is 122 Å². The van der Waals surface area contributed by atoms with Crippen molar-refractivity contribution in [2.24, 2.45) is 0 Å². The summed E-state index contributed by atoms with van der Waals surface area (Å²) in [6.45, 7) is 0. The Morgan fingerprint density at radius 2 is 1.77 bits per heavy atom. The lowest BCUT2D eigenvalue weighted by Crippen LogP contribution is -2.30. The van der Waals surface area contributed by atoms with Crippen molar-refractivity contribution >= 4 is 17.3 Å². The number of nitro benzene ring substituents is 1. The minimum Gasteiger partial charge on any atom is -0.318 e. The van der Waals surface area contributed by atoms with Crippen LogP contribution in [0.3, 0.4) is 0 Å². The van der Waals surface area contributed by atoms with E-state index in [2.05, 4.69) is 0 Å². The number of carbonyl (C=O) groups is 1. The molecule has 0 bridgehead atoms. The maximum absolute atomic E-state index is 12.3. The molecule has 0 spiro atoms. The van der Waals surface area contributed by atoms with Crippen molar-refractivity contribution in [3.05, 3.63) is 58.6 Å². The molecule has 1 amide bonds. The van der Waals surface area contributed by atoms with Gasteiger partial charge in [0.15, 0.2) is 0 Å². The van der Waals surface area contributed by atoms with E-state index in [0.717, 1.165) is 0 Å². The van der Waals surface area contributed by atoms with Crippen LogP contribution in [0.2, 0.25) is 0 Å². The summed E-state index contributed by atoms with van der Waals surface area (Å²) in [4.78, 5) is 21.2. The number of non-ortho nitro benzene ring substituents is 1. The molecule has 0 aromatic heterocycles. The largest absolute Gasteiger partial charge is 0.471 e. The third-order valence-corrected chi connectivity index (χ3v) is 2.80. The topological polar surface area (TPSA) is 72.2 Å². The number of nitro groups is 1. The molecule has 2 aromatic rings. The van der Waals surface area contributed by atoms with E-state index in [0.29, 0.717) is 5.56 Å². The van der Waals surface area contributed by atoms with E-state index in [4.69, 9.17) is 0 Å². The van der Waals surface area contributed by atoms with Gasteiger partial charge in [-0.15, -0.1) is 0 Å². The lowest BCUT2D eigenvalue weighted by atomic mass is 10.0. The molecule has 0 atom stereocenters. The minimum atomic E-state index is -5.02. The van der Waals surface area contributed by atoms with Crippen LogP contribution < -0.4 is 5.32 Å². The highest BCUT2D eigenvalue weighted by Gasteiger charge is 2.38. The smallest absolute Gasteiger partial charge is 0.318 e. The Morgan fingerprint density at radius 1 is 1.09 bits per heavy atom.